The van der Waals surface area contributed by atoms with Crippen molar-refractivity contribution < 1.29 is 18.4 Å². The number of H-pyrrole nitrogens is 1. The minimum atomic E-state index is -0.258. The number of aryl methyl sites for hydroxylation is 2. The molecule has 2 aromatic heterocycles. The van der Waals surface area contributed by atoms with Crippen LogP contribution in [0.2, 0.25) is 0 Å². The molecule has 2 aromatic carbocycles. The SMILES string of the molecule is Cc1nc(COc2ccc(C(=O)N(C)CCCCCc3cc(-c4ccc(F)cc4)n[nH]3)cc2)no1. The van der Waals surface area contributed by atoms with Crippen LogP contribution < -0.4 is 4.74 Å². The van der Waals surface area contributed by atoms with Crippen molar-refractivity contribution in [3.8, 4) is 17.0 Å². The molecule has 1 N–H and O–H groups in total. The lowest BCUT2D eigenvalue weighted by Gasteiger charge is -2.17. The normalized spacial score (nSPS) is 10.9. The van der Waals surface area contributed by atoms with Gasteiger partial charge in [-0.1, -0.05) is 11.6 Å². The van der Waals surface area contributed by atoms with Crippen LogP contribution in [0.15, 0.2) is 59.1 Å². The minimum Gasteiger partial charge on any atom is -0.485 e. The summed E-state index contributed by atoms with van der Waals surface area (Å²) < 4.78 is 23.6. The summed E-state index contributed by atoms with van der Waals surface area (Å²) in [6, 6.07) is 15.3. The summed E-state index contributed by atoms with van der Waals surface area (Å²) in [5.41, 5.74) is 3.36. The van der Waals surface area contributed by atoms with E-state index in [4.69, 9.17) is 9.26 Å². The van der Waals surface area contributed by atoms with Crippen molar-refractivity contribution in [2.75, 3.05) is 13.6 Å². The molecule has 0 saturated carbocycles. The summed E-state index contributed by atoms with van der Waals surface area (Å²) in [5, 5.41) is 11.2. The number of carbonyl (C=O) groups is 1. The third kappa shape index (κ3) is 6.75. The van der Waals surface area contributed by atoms with Gasteiger partial charge in [0.2, 0.25) is 11.7 Å². The predicted octanol–water partition coefficient (Wildman–Crippen LogP) is 4.97. The van der Waals surface area contributed by atoms with Crippen molar-refractivity contribution >= 4 is 5.91 Å². The molecule has 8 nitrogen and oxygen atoms in total. The van der Waals surface area contributed by atoms with E-state index < -0.39 is 0 Å². The van der Waals surface area contributed by atoms with Gasteiger partial charge in [-0.3, -0.25) is 9.89 Å². The van der Waals surface area contributed by atoms with Crippen LogP contribution in [0.3, 0.4) is 0 Å². The molecule has 4 rings (SSSR count). The number of hydrogen-bond donors (Lipinski definition) is 1. The number of hydrogen-bond acceptors (Lipinski definition) is 6. The van der Waals surface area contributed by atoms with E-state index in [1.54, 1.807) is 48.2 Å². The molecular weight excluding hydrogens is 449 g/mol. The Kier molecular flexibility index (Phi) is 7.87. The number of ether oxygens (including phenoxy) is 1. The second kappa shape index (κ2) is 11.4. The van der Waals surface area contributed by atoms with Crippen LogP contribution in [-0.2, 0) is 13.0 Å². The van der Waals surface area contributed by atoms with E-state index >= 15 is 0 Å². The Balaban J connectivity index is 1.16. The molecule has 0 unspecified atom stereocenters. The number of unbranched alkanes of at least 4 members (excludes halogenated alkanes) is 2. The van der Waals surface area contributed by atoms with Crippen LogP contribution in [-0.4, -0.2) is 44.7 Å². The summed E-state index contributed by atoms with van der Waals surface area (Å²) >= 11 is 0. The molecule has 0 aliphatic heterocycles. The number of nitrogens with one attached hydrogen (secondary N) is 1. The summed E-state index contributed by atoms with van der Waals surface area (Å²) in [6.07, 6.45) is 3.76. The first-order valence-corrected chi connectivity index (χ1v) is 11.6. The number of rotatable bonds is 11. The molecule has 0 aliphatic carbocycles. The fourth-order valence-corrected chi connectivity index (χ4v) is 3.66. The van der Waals surface area contributed by atoms with E-state index in [-0.39, 0.29) is 18.3 Å². The highest BCUT2D eigenvalue weighted by molar-refractivity contribution is 5.94. The molecule has 4 aromatic rings. The predicted molar refractivity (Wildman–Crippen MR) is 128 cm³/mol. The number of halogens is 1. The third-order valence-electron chi connectivity index (χ3n) is 5.60. The zero-order chi connectivity index (χ0) is 24.6. The van der Waals surface area contributed by atoms with E-state index in [0.717, 1.165) is 42.6 Å². The maximum atomic E-state index is 13.1. The lowest BCUT2D eigenvalue weighted by molar-refractivity contribution is 0.0792. The van der Waals surface area contributed by atoms with Gasteiger partial charge in [0.05, 0.1) is 5.69 Å². The lowest BCUT2D eigenvalue weighted by Crippen LogP contribution is -2.27. The van der Waals surface area contributed by atoms with Gasteiger partial charge in [-0.05, 0) is 73.9 Å². The number of aromatic nitrogens is 4. The maximum Gasteiger partial charge on any atom is 0.253 e. The molecule has 35 heavy (non-hydrogen) atoms. The van der Waals surface area contributed by atoms with Gasteiger partial charge < -0.3 is 14.2 Å². The summed E-state index contributed by atoms with van der Waals surface area (Å²) in [6.45, 7) is 2.61. The van der Waals surface area contributed by atoms with Crippen LogP contribution >= 0.6 is 0 Å². The first kappa shape index (κ1) is 24.1. The summed E-state index contributed by atoms with van der Waals surface area (Å²) in [7, 11) is 1.81. The maximum absolute atomic E-state index is 13.1. The smallest absolute Gasteiger partial charge is 0.253 e. The quantitative estimate of drug-likeness (QED) is 0.306. The molecule has 0 spiro atoms. The van der Waals surface area contributed by atoms with Crippen LogP contribution in [0.5, 0.6) is 5.75 Å². The molecule has 0 saturated heterocycles. The average molecular weight is 478 g/mol. The number of carbonyl (C=O) groups excluding carboxylic acids is 1. The van der Waals surface area contributed by atoms with Crippen LogP contribution in [0.1, 0.15) is 47.0 Å². The van der Waals surface area contributed by atoms with Gasteiger partial charge in [0.25, 0.3) is 5.91 Å². The lowest BCUT2D eigenvalue weighted by atomic mass is 10.1. The van der Waals surface area contributed by atoms with E-state index in [9.17, 15) is 9.18 Å². The Morgan fingerprint density at radius 2 is 1.86 bits per heavy atom. The third-order valence-corrected chi connectivity index (χ3v) is 5.60. The van der Waals surface area contributed by atoms with Gasteiger partial charge >= 0.3 is 0 Å². The Morgan fingerprint density at radius 3 is 2.57 bits per heavy atom. The molecule has 182 valence electrons. The van der Waals surface area contributed by atoms with E-state index in [0.29, 0.717) is 29.6 Å². The van der Waals surface area contributed by atoms with E-state index in [2.05, 4.69) is 20.3 Å². The van der Waals surface area contributed by atoms with E-state index in [1.165, 1.54) is 12.1 Å². The Bertz CT molecular complexity index is 1230. The Labute approximate surface area is 203 Å². The zero-order valence-corrected chi connectivity index (χ0v) is 19.8. The second-order valence-electron chi connectivity index (χ2n) is 8.37. The molecule has 0 aliphatic rings. The Hall–Kier alpha value is -4.01. The Morgan fingerprint density at radius 1 is 1.09 bits per heavy atom. The first-order chi connectivity index (χ1) is 17.0. The highest BCUT2D eigenvalue weighted by Gasteiger charge is 2.12. The molecule has 0 bridgehead atoms. The standard InChI is InChI=1S/C26H28FN5O3/c1-18-28-25(31-35-18)17-34-23-13-9-20(10-14-23)26(33)32(2)15-5-3-4-6-22-16-24(30-29-22)19-7-11-21(27)12-8-19/h7-14,16H,3-6,15,17H2,1-2H3,(H,29,30). The number of amides is 1. The second-order valence-corrected chi connectivity index (χ2v) is 8.37. The van der Waals surface area contributed by atoms with Crippen molar-refractivity contribution in [3.05, 3.63) is 83.4 Å². The summed E-state index contributed by atoms with van der Waals surface area (Å²) in [5.74, 6) is 1.31. The minimum absolute atomic E-state index is 0.0251. The van der Waals surface area contributed by atoms with Crippen molar-refractivity contribution in [2.45, 2.75) is 39.2 Å². The van der Waals surface area contributed by atoms with Crippen molar-refractivity contribution in [3.63, 3.8) is 0 Å². The number of aromatic amines is 1. The molecule has 2 heterocycles. The van der Waals surface area contributed by atoms with Crippen molar-refractivity contribution in [1.82, 2.24) is 25.2 Å². The fraction of sp³-hybridized carbons (Fsp3) is 0.308. The topological polar surface area (TPSA) is 97.1 Å². The van der Waals surface area contributed by atoms with Crippen molar-refractivity contribution in [2.24, 2.45) is 0 Å². The van der Waals surface area contributed by atoms with Crippen LogP contribution in [0, 0.1) is 12.7 Å². The molecular formula is C26H28FN5O3. The molecule has 0 radical (unpaired) electrons. The molecule has 1 amide bonds. The van der Waals surface area contributed by atoms with E-state index in [1.807, 2.05) is 13.1 Å². The number of nitrogens with zero attached hydrogens (tertiary/aromatic N) is 4. The fourth-order valence-electron chi connectivity index (χ4n) is 3.66. The van der Waals surface area contributed by atoms with Gasteiger partial charge in [-0.25, -0.2) is 4.39 Å². The summed E-state index contributed by atoms with van der Waals surface area (Å²) in [4.78, 5) is 18.5. The van der Waals surface area contributed by atoms with Crippen molar-refractivity contribution in [1.29, 1.82) is 0 Å². The number of benzene rings is 2. The van der Waals surface area contributed by atoms with Crippen LogP contribution in [0.4, 0.5) is 4.39 Å². The van der Waals surface area contributed by atoms with Gasteiger partial charge in [0.1, 0.15) is 11.6 Å². The molecule has 9 heteroatoms. The van der Waals surface area contributed by atoms with Gasteiger partial charge in [0, 0.05) is 37.3 Å². The molecule has 0 fully saturated rings. The van der Waals surface area contributed by atoms with Gasteiger partial charge in [-0.15, -0.1) is 0 Å². The highest BCUT2D eigenvalue weighted by Crippen LogP contribution is 2.19. The largest absolute Gasteiger partial charge is 0.485 e. The molecule has 0 atom stereocenters. The average Bonchev–Trinajstić information content (AvgIpc) is 3.51. The van der Waals surface area contributed by atoms with Gasteiger partial charge in [0.15, 0.2) is 6.61 Å². The first-order valence-electron chi connectivity index (χ1n) is 11.6. The highest BCUT2D eigenvalue weighted by atomic mass is 19.1. The zero-order valence-electron chi connectivity index (χ0n) is 19.8. The van der Waals surface area contributed by atoms with Gasteiger partial charge in [-0.2, -0.15) is 10.1 Å². The van der Waals surface area contributed by atoms with Crippen LogP contribution in [0.25, 0.3) is 11.3 Å². The monoisotopic (exact) mass is 477 g/mol.